The van der Waals surface area contributed by atoms with Gasteiger partial charge in [0.2, 0.25) is 0 Å². The molecule has 0 saturated heterocycles. The average Bonchev–Trinajstić information content (AvgIpc) is 2.47. The first-order chi connectivity index (χ1) is 10.4. The predicted octanol–water partition coefficient (Wildman–Crippen LogP) is -3.96. The molecule has 9 N–H and O–H groups in total. The minimum absolute atomic E-state index is 0.311. The summed E-state index contributed by atoms with van der Waals surface area (Å²) in [6.45, 7) is 3.00. The van der Waals surface area contributed by atoms with Crippen LogP contribution in [0.3, 0.4) is 0 Å². The summed E-state index contributed by atoms with van der Waals surface area (Å²) in [5.74, 6) is 13.1. The summed E-state index contributed by atoms with van der Waals surface area (Å²) in [5.41, 5.74) is 6.97. The monoisotopic (exact) mass is 324 g/mol. The molecule has 0 spiro atoms. The molecule has 126 valence electrons. The number of rotatable bonds is 12. The minimum Gasteiger partial charge on any atom is -0.746 e. The van der Waals surface area contributed by atoms with Gasteiger partial charge >= 0.3 is 0 Å². The highest BCUT2D eigenvalue weighted by Gasteiger charge is 2.32. The number of hydroxylamine groups is 2. The lowest BCUT2D eigenvalue weighted by molar-refractivity contribution is -1.15. The van der Waals surface area contributed by atoms with Crippen LogP contribution in [0.4, 0.5) is 0 Å². The van der Waals surface area contributed by atoms with Gasteiger partial charge in [-0.15, -0.1) is 15.0 Å². The van der Waals surface area contributed by atoms with Crippen molar-refractivity contribution in [1.29, 1.82) is 5.41 Å². The SMILES string of the molecule is C=C=NN([O-])ON[N+](NN)(NON(N)[O-])NON([O-])C=C=N. The lowest BCUT2D eigenvalue weighted by Gasteiger charge is -2.35. The molecule has 0 bridgehead atoms. The molecular weight excluding hydrogens is 312 g/mol. The summed E-state index contributed by atoms with van der Waals surface area (Å²) >= 11 is 0. The Balaban J connectivity index is 4.82. The molecule has 0 fully saturated rings. The largest absolute Gasteiger partial charge is 0.746 e. The summed E-state index contributed by atoms with van der Waals surface area (Å²) in [4.78, 5) is 11.0. The van der Waals surface area contributed by atoms with E-state index in [1.54, 1.807) is 28.2 Å². The van der Waals surface area contributed by atoms with Gasteiger partial charge in [0.05, 0.1) is 16.7 Å². The number of hydrogen-bond acceptors (Lipinski definition) is 17. The Kier molecular flexibility index (Phi) is 9.64. The Morgan fingerprint density at radius 2 is 1.82 bits per heavy atom. The Labute approximate surface area is 121 Å². The first-order valence-electron chi connectivity index (χ1n) is 4.72. The van der Waals surface area contributed by atoms with Gasteiger partial charge in [-0.2, -0.15) is 15.6 Å². The van der Waals surface area contributed by atoms with Crippen molar-refractivity contribution in [2.45, 2.75) is 0 Å². The van der Waals surface area contributed by atoms with Gasteiger partial charge in [0, 0.05) is 17.0 Å². The first kappa shape index (κ1) is 19.9. The van der Waals surface area contributed by atoms with E-state index in [-0.39, 0.29) is 5.23 Å². The molecule has 0 aromatic rings. The molecule has 0 aromatic carbocycles. The minimum atomic E-state index is -1.54. The quantitative estimate of drug-likeness (QED) is 0.0783. The average molecular weight is 324 g/mol. The molecule has 1 unspecified atom stereocenters. The van der Waals surface area contributed by atoms with Crippen LogP contribution in [0.15, 0.2) is 17.9 Å². The maximum Gasteiger partial charge on any atom is 0.0777 e. The van der Waals surface area contributed by atoms with Gasteiger partial charge in [0.1, 0.15) is 0 Å². The van der Waals surface area contributed by atoms with E-state index in [0.29, 0.717) is 6.20 Å². The van der Waals surface area contributed by atoms with Crippen molar-refractivity contribution >= 4 is 11.7 Å². The van der Waals surface area contributed by atoms with E-state index >= 15 is 0 Å². The normalized spacial score (nSPS) is 13.0. The number of hydrazine groups is 2. The maximum absolute atomic E-state index is 11.0. The van der Waals surface area contributed by atoms with E-state index in [2.05, 4.69) is 32.3 Å². The zero-order valence-electron chi connectivity index (χ0n) is 10.6. The molecule has 18 nitrogen and oxygen atoms in total. The summed E-state index contributed by atoms with van der Waals surface area (Å²) in [5, 5.41) is 40.4. The van der Waals surface area contributed by atoms with Gasteiger partial charge in [0.25, 0.3) is 0 Å². The van der Waals surface area contributed by atoms with Crippen molar-refractivity contribution in [3.05, 3.63) is 28.4 Å². The van der Waals surface area contributed by atoms with Crippen LogP contribution in [0, 0.1) is 21.0 Å². The zero-order valence-corrected chi connectivity index (χ0v) is 10.6. The highest BCUT2D eigenvalue weighted by atomic mass is 17.1. The van der Waals surface area contributed by atoms with E-state index in [1.165, 1.54) is 0 Å². The zero-order chi connectivity index (χ0) is 17.0. The molecule has 0 radical (unpaired) electrons. The summed E-state index contributed by atoms with van der Waals surface area (Å²) < 4.78 is 0. The number of nitrogens with zero attached hydrogens (tertiary/aromatic N) is 5. The molecule has 0 aliphatic heterocycles. The number of hydrazone groups is 1. The molecular formula is C4H12N12O6-2. The number of nitrogens with two attached hydrogens (primary N) is 2. The topological polar surface area (TPSA) is 243 Å². The molecule has 0 saturated carbocycles. The maximum atomic E-state index is 11.0. The Hall–Kier alpha value is -2.06. The predicted molar refractivity (Wildman–Crippen MR) is 65.4 cm³/mol. The summed E-state index contributed by atoms with van der Waals surface area (Å²) in [6.07, 6.45) is 0.491. The third kappa shape index (κ3) is 8.28. The molecule has 0 aliphatic rings. The van der Waals surface area contributed by atoms with Crippen LogP contribution in [-0.2, 0) is 14.8 Å². The fourth-order valence-electron chi connectivity index (χ4n) is 0.591. The van der Waals surface area contributed by atoms with Crippen LogP contribution in [-0.4, -0.2) is 32.6 Å². The van der Waals surface area contributed by atoms with Gasteiger partial charge in [-0.05, 0) is 18.0 Å². The van der Waals surface area contributed by atoms with Crippen molar-refractivity contribution in [3.8, 4) is 0 Å². The van der Waals surface area contributed by atoms with Crippen LogP contribution in [0.1, 0.15) is 0 Å². The molecule has 0 heterocycles. The standard InChI is InChI=1S/C4H12N12O6/c1-2-8-15(19)22-12-16(9-6,11-21-14(7)18)10-20-13(17)4-3-5/h4-5,9-12H,1,6-7H2/q-2. The summed E-state index contributed by atoms with van der Waals surface area (Å²) in [7, 11) is 0. The molecule has 0 aromatic heterocycles. The Morgan fingerprint density at radius 1 is 1.23 bits per heavy atom. The second-order valence-corrected chi connectivity index (χ2v) is 2.69. The van der Waals surface area contributed by atoms with Crippen LogP contribution < -0.4 is 34.0 Å². The number of quaternary nitrogens is 1. The van der Waals surface area contributed by atoms with E-state index in [1.807, 2.05) is 5.87 Å². The van der Waals surface area contributed by atoms with Gasteiger partial charge in [-0.25, -0.2) is 5.84 Å². The molecule has 18 heteroatoms. The van der Waals surface area contributed by atoms with E-state index < -0.39 is 15.6 Å². The van der Waals surface area contributed by atoms with Gasteiger partial charge < -0.3 is 15.6 Å². The fraction of sp³-hybridized carbons (Fsp3) is 0. The number of hydrogen-bond donors (Lipinski definition) is 7. The molecule has 22 heavy (non-hydrogen) atoms. The highest BCUT2D eigenvalue weighted by molar-refractivity contribution is 5.46. The van der Waals surface area contributed by atoms with Crippen LogP contribution in [0.5, 0.6) is 0 Å². The summed E-state index contributed by atoms with van der Waals surface area (Å²) in [6, 6.07) is 0. The molecule has 0 amide bonds. The fourth-order valence-corrected chi connectivity index (χ4v) is 0.591. The first-order valence-corrected chi connectivity index (χ1v) is 4.72. The van der Waals surface area contributed by atoms with Crippen molar-refractivity contribution < 1.29 is 19.7 Å². The van der Waals surface area contributed by atoms with Gasteiger partial charge in [0.15, 0.2) is 0 Å². The third-order valence-corrected chi connectivity index (χ3v) is 1.31. The second kappa shape index (κ2) is 10.6. The highest BCUT2D eigenvalue weighted by Crippen LogP contribution is 1.92. The Morgan fingerprint density at radius 3 is 2.32 bits per heavy atom. The van der Waals surface area contributed by atoms with Crippen molar-refractivity contribution in [2.75, 3.05) is 0 Å². The lowest BCUT2D eigenvalue weighted by atomic mass is 11.0. The molecule has 1 atom stereocenters. The lowest BCUT2D eigenvalue weighted by Crippen LogP contribution is -2.81. The van der Waals surface area contributed by atoms with Crippen LogP contribution in [0.2, 0.25) is 0 Å². The smallest absolute Gasteiger partial charge is 0.0777 e. The van der Waals surface area contributed by atoms with Crippen LogP contribution >= 0.6 is 0 Å². The van der Waals surface area contributed by atoms with Gasteiger partial charge in [-0.1, -0.05) is 0 Å². The molecule has 0 rings (SSSR count). The van der Waals surface area contributed by atoms with Crippen molar-refractivity contribution in [1.82, 2.24) is 38.2 Å². The molecule has 0 aliphatic carbocycles. The number of nitrogens with one attached hydrogen (secondary N) is 5. The Bertz CT molecular complexity index is 378. The van der Waals surface area contributed by atoms with E-state index in [4.69, 9.17) is 11.3 Å². The van der Waals surface area contributed by atoms with E-state index in [9.17, 15) is 15.6 Å². The third-order valence-electron chi connectivity index (χ3n) is 1.31. The van der Waals surface area contributed by atoms with Crippen LogP contribution in [0.25, 0.3) is 0 Å². The van der Waals surface area contributed by atoms with Crippen molar-refractivity contribution in [2.24, 2.45) is 16.8 Å². The van der Waals surface area contributed by atoms with E-state index in [0.717, 1.165) is 0 Å². The van der Waals surface area contributed by atoms with Gasteiger partial charge in [-0.3, -0.25) is 16.5 Å². The van der Waals surface area contributed by atoms with Crippen molar-refractivity contribution in [3.63, 3.8) is 0 Å². The second-order valence-electron chi connectivity index (χ2n) is 2.69.